The number of halogens is 1. The number of cyclic esters (lactones) is 1. The van der Waals surface area contributed by atoms with E-state index in [0.717, 1.165) is 0 Å². The molecule has 134 valence electrons. The summed E-state index contributed by atoms with van der Waals surface area (Å²) >= 11 is 0. The van der Waals surface area contributed by atoms with E-state index in [1.165, 1.54) is 34.8 Å². The predicted molar refractivity (Wildman–Crippen MR) is 87.9 cm³/mol. The fraction of sp³-hybridized carbons (Fsp3) is 0.312. The highest BCUT2D eigenvalue weighted by Crippen LogP contribution is 2.25. The van der Waals surface area contributed by atoms with Crippen molar-refractivity contribution in [1.82, 2.24) is 20.3 Å². The number of benzene rings is 1. The molecule has 2 aromatic rings. The van der Waals surface area contributed by atoms with Crippen LogP contribution >= 0.6 is 0 Å². The molecule has 0 bridgehead atoms. The van der Waals surface area contributed by atoms with Crippen LogP contribution in [0, 0.1) is 12.4 Å². The highest BCUT2D eigenvalue weighted by molar-refractivity contribution is 5.90. The van der Waals surface area contributed by atoms with Gasteiger partial charge in [0, 0.05) is 6.92 Å². The summed E-state index contributed by atoms with van der Waals surface area (Å²) < 4.78 is 20.9. The third-order valence-electron chi connectivity index (χ3n) is 3.72. The quantitative estimate of drug-likeness (QED) is 0.813. The molecule has 1 aromatic carbocycles. The lowest BCUT2D eigenvalue weighted by Gasteiger charge is -2.14. The minimum Gasteiger partial charge on any atom is -0.442 e. The molecule has 1 aliphatic rings. The van der Waals surface area contributed by atoms with E-state index in [-0.39, 0.29) is 31.2 Å². The third kappa shape index (κ3) is 3.61. The number of hydrogen-bond donors (Lipinski definition) is 1. The maximum atomic E-state index is 14.5. The number of ether oxygens (including phenoxy) is 1. The van der Waals surface area contributed by atoms with E-state index in [2.05, 4.69) is 20.5 Å². The maximum absolute atomic E-state index is 14.5. The molecule has 0 unspecified atom stereocenters. The molecular formula is C16H15FN6O3. The van der Waals surface area contributed by atoms with Crippen molar-refractivity contribution in [2.45, 2.75) is 19.6 Å². The van der Waals surface area contributed by atoms with Crippen molar-refractivity contribution in [2.24, 2.45) is 0 Å². The number of hydrogen-bond acceptors (Lipinski definition) is 5. The van der Waals surface area contributed by atoms with Gasteiger partial charge in [-0.1, -0.05) is 5.21 Å². The van der Waals surface area contributed by atoms with E-state index in [0.29, 0.717) is 11.4 Å². The summed E-state index contributed by atoms with van der Waals surface area (Å²) in [6, 6.07) is 4.24. The summed E-state index contributed by atoms with van der Waals surface area (Å²) in [4.78, 5) is 27.4. The van der Waals surface area contributed by atoms with Crippen LogP contribution in [0.1, 0.15) is 12.6 Å². The Morgan fingerprint density at radius 1 is 1.54 bits per heavy atom. The molecule has 0 radical (unpaired) electrons. The molecular weight excluding hydrogens is 343 g/mol. The number of aromatic nitrogens is 3. The molecule has 26 heavy (non-hydrogen) atoms. The van der Waals surface area contributed by atoms with Crippen LogP contribution in [0.3, 0.4) is 0 Å². The Morgan fingerprint density at radius 3 is 3.04 bits per heavy atom. The molecule has 3 rings (SSSR count). The van der Waals surface area contributed by atoms with Crippen molar-refractivity contribution < 1.29 is 18.7 Å². The summed E-state index contributed by atoms with van der Waals surface area (Å²) in [6.45, 7) is 8.65. The molecule has 1 saturated heterocycles. The smallest absolute Gasteiger partial charge is 0.414 e. The van der Waals surface area contributed by atoms with Crippen LogP contribution in [0.15, 0.2) is 24.4 Å². The molecule has 0 aliphatic carbocycles. The summed E-state index contributed by atoms with van der Waals surface area (Å²) in [7, 11) is 0. The van der Waals surface area contributed by atoms with E-state index in [1.807, 2.05) is 0 Å². The predicted octanol–water partition coefficient (Wildman–Crippen LogP) is 1.29. The molecule has 10 heteroatoms. The summed E-state index contributed by atoms with van der Waals surface area (Å²) in [6.07, 6.45) is 0.372. The van der Waals surface area contributed by atoms with Gasteiger partial charge in [0.1, 0.15) is 11.8 Å². The summed E-state index contributed by atoms with van der Waals surface area (Å²) in [5.41, 5.74) is 0.926. The van der Waals surface area contributed by atoms with E-state index in [4.69, 9.17) is 11.3 Å². The zero-order valence-electron chi connectivity index (χ0n) is 13.8. The van der Waals surface area contributed by atoms with E-state index in [9.17, 15) is 14.0 Å². The van der Waals surface area contributed by atoms with Crippen LogP contribution in [0.2, 0.25) is 0 Å². The molecule has 1 fully saturated rings. The first-order valence-corrected chi connectivity index (χ1v) is 7.75. The van der Waals surface area contributed by atoms with Gasteiger partial charge in [0.15, 0.2) is 11.5 Å². The van der Waals surface area contributed by atoms with Crippen LogP contribution < -0.4 is 10.2 Å². The number of rotatable bonds is 5. The molecule has 1 aromatic heterocycles. The molecule has 1 aliphatic heterocycles. The van der Waals surface area contributed by atoms with Gasteiger partial charge in [-0.15, -0.1) is 5.10 Å². The Morgan fingerprint density at radius 2 is 2.35 bits per heavy atom. The van der Waals surface area contributed by atoms with Gasteiger partial charge in [0.05, 0.1) is 25.0 Å². The van der Waals surface area contributed by atoms with Crippen molar-refractivity contribution in [3.63, 3.8) is 0 Å². The van der Waals surface area contributed by atoms with Gasteiger partial charge < -0.3 is 14.9 Å². The number of nitrogens with zero attached hydrogens (tertiary/aromatic N) is 5. The highest BCUT2D eigenvalue weighted by Gasteiger charge is 2.32. The lowest BCUT2D eigenvalue weighted by molar-refractivity contribution is -0.119. The first kappa shape index (κ1) is 17.3. The lowest BCUT2D eigenvalue weighted by atomic mass is 10.2. The Bertz CT molecular complexity index is 890. The van der Waals surface area contributed by atoms with Gasteiger partial charge >= 0.3 is 6.09 Å². The molecule has 9 nitrogen and oxygen atoms in total. The van der Waals surface area contributed by atoms with Gasteiger partial charge in [-0.05, 0) is 18.2 Å². The van der Waals surface area contributed by atoms with Gasteiger partial charge in [-0.2, -0.15) is 0 Å². The Balaban J connectivity index is 1.76. The van der Waals surface area contributed by atoms with Gasteiger partial charge in [-0.25, -0.2) is 20.4 Å². The van der Waals surface area contributed by atoms with Crippen LogP contribution in [-0.4, -0.2) is 46.2 Å². The van der Waals surface area contributed by atoms with Crippen molar-refractivity contribution in [3.8, 4) is 5.69 Å². The normalized spacial score (nSPS) is 16.3. The molecule has 1 N–H and O–H groups in total. The van der Waals surface area contributed by atoms with Gasteiger partial charge in [0.25, 0.3) is 6.54 Å². The standard InChI is InChI=1S/C16H15FN6O3/c1-10(24)19-7-13-9-22(16(25)26-13)12-3-4-15(14(17)5-12)23-8-11(6-18-2)20-21-23/h3-5,8,13H,6-7,9H2,1H3,(H,19,24)/t13-/m0/s1. The Labute approximate surface area is 148 Å². The third-order valence-corrected chi connectivity index (χ3v) is 3.72. The zero-order valence-corrected chi connectivity index (χ0v) is 13.8. The van der Waals surface area contributed by atoms with Crippen LogP contribution in [0.5, 0.6) is 0 Å². The Hall–Kier alpha value is -3.48. The second-order valence-corrected chi connectivity index (χ2v) is 5.66. The number of nitrogens with one attached hydrogen (secondary N) is 1. The van der Waals surface area contributed by atoms with Crippen molar-refractivity contribution in [1.29, 1.82) is 0 Å². The van der Waals surface area contributed by atoms with Gasteiger partial charge in [-0.3, -0.25) is 9.69 Å². The Kier molecular flexibility index (Phi) is 4.79. The topological polar surface area (TPSA) is 93.7 Å². The summed E-state index contributed by atoms with van der Waals surface area (Å²) in [5.74, 6) is -0.819. The minimum absolute atomic E-state index is 0.0645. The number of carbonyl (C=O) groups is 2. The van der Waals surface area contributed by atoms with E-state index in [1.54, 1.807) is 6.07 Å². The fourth-order valence-electron chi connectivity index (χ4n) is 2.52. The zero-order chi connectivity index (χ0) is 18.7. The molecule has 2 amide bonds. The average molecular weight is 358 g/mol. The van der Waals surface area contributed by atoms with Gasteiger partial charge in [0.2, 0.25) is 5.91 Å². The molecule has 2 heterocycles. The average Bonchev–Trinajstić information content (AvgIpc) is 3.20. The van der Waals surface area contributed by atoms with E-state index >= 15 is 0 Å². The molecule has 0 spiro atoms. The SMILES string of the molecule is [C-]#[N+]Cc1cn(-c2ccc(N3C[C@H](CNC(C)=O)OC3=O)cc2F)nn1. The fourth-order valence-corrected chi connectivity index (χ4v) is 2.52. The second-order valence-electron chi connectivity index (χ2n) is 5.66. The van der Waals surface area contributed by atoms with Crippen LogP contribution in [-0.2, 0) is 16.1 Å². The first-order chi connectivity index (χ1) is 12.5. The number of amides is 2. The van der Waals surface area contributed by atoms with Crippen molar-refractivity contribution >= 4 is 17.7 Å². The minimum atomic E-state index is -0.604. The highest BCUT2D eigenvalue weighted by atomic mass is 19.1. The van der Waals surface area contributed by atoms with E-state index < -0.39 is 18.0 Å². The van der Waals surface area contributed by atoms with Crippen LogP contribution in [0.4, 0.5) is 14.9 Å². The largest absolute Gasteiger partial charge is 0.442 e. The lowest BCUT2D eigenvalue weighted by Crippen LogP contribution is -2.33. The second kappa shape index (κ2) is 7.18. The van der Waals surface area contributed by atoms with Crippen molar-refractivity contribution in [2.75, 3.05) is 18.0 Å². The molecule has 0 saturated carbocycles. The van der Waals surface area contributed by atoms with Crippen molar-refractivity contribution in [3.05, 3.63) is 47.3 Å². The maximum Gasteiger partial charge on any atom is 0.414 e. The molecule has 1 atom stereocenters. The monoisotopic (exact) mass is 358 g/mol. The van der Waals surface area contributed by atoms with Crippen LogP contribution in [0.25, 0.3) is 10.5 Å². The first-order valence-electron chi connectivity index (χ1n) is 7.75. The number of anilines is 1. The number of carbonyl (C=O) groups excluding carboxylic acids is 2. The summed E-state index contributed by atoms with van der Waals surface area (Å²) in [5, 5.41) is 10.2.